The number of likely N-dealkylation sites (tertiary alicyclic amines) is 2. The van der Waals surface area contributed by atoms with Crippen LogP contribution >= 0.6 is 0 Å². The Morgan fingerprint density at radius 1 is 1.30 bits per heavy atom. The van der Waals surface area contributed by atoms with Gasteiger partial charge in [0.25, 0.3) is 5.91 Å². The van der Waals surface area contributed by atoms with Crippen LogP contribution in [0.1, 0.15) is 48.3 Å². The van der Waals surface area contributed by atoms with Gasteiger partial charge in [-0.05, 0) is 57.6 Å². The number of aryl methyl sites for hydroxylation is 2. The molecule has 0 bridgehead atoms. The molecule has 5 heteroatoms. The molecule has 1 aromatic rings. The fourth-order valence-electron chi connectivity index (χ4n) is 4.55. The maximum atomic E-state index is 12.8. The first-order valence-electron chi connectivity index (χ1n) is 9.07. The van der Waals surface area contributed by atoms with Crippen LogP contribution in [0.5, 0.6) is 0 Å². The lowest BCUT2D eigenvalue weighted by atomic mass is 9.79. The van der Waals surface area contributed by atoms with Crippen molar-refractivity contribution in [1.82, 2.24) is 19.6 Å². The van der Waals surface area contributed by atoms with Gasteiger partial charge in [0.1, 0.15) is 5.69 Å². The molecule has 4 rings (SSSR count). The summed E-state index contributed by atoms with van der Waals surface area (Å²) < 4.78 is 1.73. The van der Waals surface area contributed by atoms with Gasteiger partial charge in [-0.15, -0.1) is 0 Å². The molecular formula is C18H28N4O. The van der Waals surface area contributed by atoms with Crippen LogP contribution in [-0.4, -0.2) is 58.2 Å². The Balaban J connectivity index is 1.43. The van der Waals surface area contributed by atoms with Crippen molar-refractivity contribution in [1.29, 1.82) is 0 Å². The fraction of sp³-hybridized carbons (Fsp3) is 0.778. The Labute approximate surface area is 138 Å². The molecule has 5 nitrogen and oxygen atoms in total. The summed E-state index contributed by atoms with van der Waals surface area (Å²) in [4.78, 5) is 17.6. The van der Waals surface area contributed by atoms with Crippen LogP contribution in [0.2, 0.25) is 0 Å². The number of amides is 1. The van der Waals surface area contributed by atoms with Crippen molar-refractivity contribution in [3.8, 4) is 0 Å². The molecule has 0 aromatic carbocycles. The van der Waals surface area contributed by atoms with Crippen molar-refractivity contribution in [2.45, 2.75) is 39.0 Å². The van der Waals surface area contributed by atoms with E-state index in [1.165, 1.54) is 45.3 Å². The average molecular weight is 316 g/mol. The highest BCUT2D eigenvalue weighted by molar-refractivity contribution is 5.93. The molecule has 0 unspecified atom stereocenters. The summed E-state index contributed by atoms with van der Waals surface area (Å²) in [7, 11) is 1.87. The van der Waals surface area contributed by atoms with Crippen molar-refractivity contribution >= 4 is 5.91 Å². The highest BCUT2D eigenvalue weighted by Crippen LogP contribution is 2.41. The van der Waals surface area contributed by atoms with E-state index < -0.39 is 0 Å². The smallest absolute Gasteiger partial charge is 0.272 e. The van der Waals surface area contributed by atoms with E-state index in [-0.39, 0.29) is 5.91 Å². The molecule has 1 aromatic heterocycles. The van der Waals surface area contributed by atoms with Crippen molar-refractivity contribution in [2.75, 3.05) is 32.7 Å². The van der Waals surface area contributed by atoms with Crippen LogP contribution in [0.4, 0.5) is 0 Å². The van der Waals surface area contributed by atoms with E-state index >= 15 is 0 Å². The van der Waals surface area contributed by atoms with Gasteiger partial charge in [0.2, 0.25) is 0 Å². The third-order valence-electron chi connectivity index (χ3n) is 5.90. The second kappa shape index (κ2) is 5.62. The molecule has 1 atom stereocenters. The molecule has 3 aliphatic rings. The highest BCUT2D eigenvalue weighted by Gasteiger charge is 2.43. The van der Waals surface area contributed by atoms with Crippen molar-refractivity contribution in [3.63, 3.8) is 0 Å². The van der Waals surface area contributed by atoms with Gasteiger partial charge in [-0.25, -0.2) is 0 Å². The number of rotatable bonds is 3. The van der Waals surface area contributed by atoms with Crippen LogP contribution < -0.4 is 0 Å². The van der Waals surface area contributed by atoms with E-state index in [2.05, 4.69) is 14.9 Å². The molecule has 2 saturated heterocycles. The first kappa shape index (κ1) is 15.2. The van der Waals surface area contributed by atoms with E-state index in [9.17, 15) is 4.79 Å². The zero-order valence-electron chi connectivity index (χ0n) is 14.4. The quantitative estimate of drug-likeness (QED) is 0.857. The SMILES string of the molecule is Cc1cc(C(=O)N2CC[C@]3(CCCN(CC4CC4)C3)C2)n(C)n1. The summed E-state index contributed by atoms with van der Waals surface area (Å²) in [6.07, 6.45) is 6.58. The largest absolute Gasteiger partial charge is 0.337 e. The summed E-state index contributed by atoms with van der Waals surface area (Å²) in [6.45, 7) is 7.51. The molecule has 0 N–H and O–H groups in total. The van der Waals surface area contributed by atoms with Crippen molar-refractivity contribution < 1.29 is 4.79 Å². The standard InChI is InChI=1S/C18H28N4O/c1-14-10-16(20(2)19-14)17(23)22-9-7-18(13-22)6-3-8-21(12-18)11-15-4-5-15/h10,15H,3-9,11-13H2,1-2H3/t18-/m0/s1. The monoisotopic (exact) mass is 316 g/mol. The minimum Gasteiger partial charge on any atom is -0.337 e. The zero-order chi connectivity index (χ0) is 16.0. The Morgan fingerprint density at radius 3 is 2.83 bits per heavy atom. The second-order valence-electron chi connectivity index (χ2n) is 8.05. The molecule has 3 fully saturated rings. The average Bonchev–Trinajstić information content (AvgIpc) is 3.13. The molecule has 0 radical (unpaired) electrons. The third kappa shape index (κ3) is 3.03. The first-order valence-corrected chi connectivity index (χ1v) is 9.07. The van der Waals surface area contributed by atoms with Crippen LogP contribution in [-0.2, 0) is 7.05 Å². The molecule has 2 aliphatic heterocycles. The number of hydrogen-bond donors (Lipinski definition) is 0. The van der Waals surface area contributed by atoms with E-state index in [0.29, 0.717) is 5.41 Å². The lowest BCUT2D eigenvalue weighted by molar-refractivity contribution is 0.0673. The maximum Gasteiger partial charge on any atom is 0.272 e. The summed E-state index contributed by atoms with van der Waals surface area (Å²) in [6, 6.07) is 1.91. The highest BCUT2D eigenvalue weighted by atomic mass is 16.2. The molecule has 1 amide bonds. The minimum absolute atomic E-state index is 0.157. The molecule has 1 spiro atoms. The topological polar surface area (TPSA) is 41.4 Å². The predicted molar refractivity (Wildman–Crippen MR) is 89.3 cm³/mol. The first-order chi connectivity index (χ1) is 11.0. The Hall–Kier alpha value is -1.36. The van der Waals surface area contributed by atoms with Gasteiger partial charge < -0.3 is 9.80 Å². The van der Waals surface area contributed by atoms with Gasteiger partial charge in [-0.3, -0.25) is 9.48 Å². The van der Waals surface area contributed by atoms with E-state index in [0.717, 1.165) is 36.8 Å². The molecule has 126 valence electrons. The van der Waals surface area contributed by atoms with E-state index in [1.807, 2.05) is 20.0 Å². The lowest BCUT2D eigenvalue weighted by Crippen LogP contribution is -2.46. The van der Waals surface area contributed by atoms with Crippen LogP contribution in [0, 0.1) is 18.3 Å². The van der Waals surface area contributed by atoms with Crippen molar-refractivity contribution in [2.24, 2.45) is 18.4 Å². The van der Waals surface area contributed by atoms with Gasteiger partial charge in [-0.1, -0.05) is 0 Å². The molecule has 1 saturated carbocycles. The number of aromatic nitrogens is 2. The summed E-state index contributed by atoms with van der Waals surface area (Å²) in [5.41, 5.74) is 1.99. The van der Waals surface area contributed by atoms with E-state index in [1.54, 1.807) is 4.68 Å². The maximum absolute atomic E-state index is 12.8. The van der Waals surface area contributed by atoms with Gasteiger partial charge in [0.05, 0.1) is 5.69 Å². The number of hydrogen-bond acceptors (Lipinski definition) is 3. The third-order valence-corrected chi connectivity index (χ3v) is 5.90. The number of piperidine rings is 1. The predicted octanol–water partition coefficient (Wildman–Crippen LogP) is 2.07. The summed E-state index contributed by atoms with van der Waals surface area (Å²) in [5.74, 6) is 1.12. The number of carbonyl (C=O) groups excluding carboxylic acids is 1. The molecular weight excluding hydrogens is 288 g/mol. The normalized spacial score (nSPS) is 28.7. The van der Waals surface area contributed by atoms with Crippen molar-refractivity contribution in [3.05, 3.63) is 17.5 Å². The van der Waals surface area contributed by atoms with Gasteiger partial charge >= 0.3 is 0 Å². The zero-order valence-corrected chi connectivity index (χ0v) is 14.4. The number of carbonyl (C=O) groups is 1. The molecule has 3 heterocycles. The van der Waals surface area contributed by atoms with Gasteiger partial charge in [-0.2, -0.15) is 5.10 Å². The minimum atomic E-state index is 0.157. The van der Waals surface area contributed by atoms with Gasteiger partial charge in [0, 0.05) is 38.6 Å². The second-order valence-corrected chi connectivity index (χ2v) is 8.05. The van der Waals surface area contributed by atoms with Crippen LogP contribution in [0.3, 0.4) is 0 Å². The van der Waals surface area contributed by atoms with Crippen LogP contribution in [0.15, 0.2) is 6.07 Å². The summed E-state index contributed by atoms with van der Waals surface area (Å²) in [5, 5.41) is 4.32. The molecule has 23 heavy (non-hydrogen) atoms. The Bertz CT molecular complexity index is 606. The Kier molecular flexibility index (Phi) is 3.71. The van der Waals surface area contributed by atoms with E-state index in [4.69, 9.17) is 0 Å². The Morgan fingerprint density at radius 2 is 2.13 bits per heavy atom. The van der Waals surface area contributed by atoms with Gasteiger partial charge in [0.15, 0.2) is 0 Å². The van der Waals surface area contributed by atoms with Crippen LogP contribution in [0.25, 0.3) is 0 Å². The molecule has 1 aliphatic carbocycles. The fourth-order valence-corrected chi connectivity index (χ4v) is 4.55. The summed E-state index contributed by atoms with van der Waals surface area (Å²) >= 11 is 0. The lowest BCUT2D eigenvalue weighted by Gasteiger charge is -2.40. The number of nitrogens with zero attached hydrogens (tertiary/aromatic N) is 4.